The number of aryl methyl sites for hydroxylation is 1. The molecule has 1 amide bonds. The molecule has 1 aliphatic carbocycles. The van der Waals surface area contributed by atoms with Crippen molar-refractivity contribution in [2.75, 3.05) is 23.9 Å². The predicted molar refractivity (Wildman–Crippen MR) is 106 cm³/mol. The van der Waals surface area contributed by atoms with Gasteiger partial charge >= 0.3 is 0 Å². The Morgan fingerprint density at radius 1 is 1.29 bits per heavy atom. The summed E-state index contributed by atoms with van der Waals surface area (Å²) in [7, 11) is 1.72. The topological polar surface area (TPSA) is 59.4 Å². The Kier molecular flexibility index (Phi) is 3.96. The Hall–Kier alpha value is -3.09. The summed E-state index contributed by atoms with van der Waals surface area (Å²) in [6.45, 7) is 0.909. The van der Waals surface area contributed by atoms with Gasteiger partial charge in [0.2, 0.25) is 0 Å². The number of likely N-dealkylation sites (N-methyl/N-ethyl adjacent to an activating group) is 1. The molecule has 144 valence electrons. The molecule has 1 aliphatic heterocycles. The highest BCUT2D eigenvalue weighted by Gasteiger charge is 2.23. The molecule has 1 aromatic heterocycles. The molecule has 1 saturated carbocycles. The van der Waals surface area contributed by atoms with E-state index in [9.17, 15) is 9.18 Å². The molecule has 2 heterocycles. The van der Waals surface area contributed by atoms with Crippen LogP contribution in [0.1, 0.15) is 19.3 Å². The number of fused-ring (bicyclic) bond motifs is 2. The summed E-state index contributed by atoms with van der Waals surface area (Å²) in [5.41, 5.74) is 3.37. The zero-order chi connectivity index (χ0) is 19.3. The van der Waals surface area contributed by atoms with Crippen LogP contribution < -0.4 is 15.0 Å². The minimum absolute atomic E-state index is 0.00739. The lowest BCUT2D eigenvalue weighted by Gasteiger charge is -2.26. The lowest BCUT2D eigenvalue weighted by Crippen LogP contribution is -2.35. The average molecular weight is 380 g/mol. The number of hydrogen-bond donors (Lipinski definition) is 1. The van der Waals surface area contributed by atoms with Crippen LogP contribution in [0.2, 0.25) is 0 Å². The number of nitrogens with one attached hydrogen (secondary N) is 1. The van der Waals surface area contributed by atoms with E-state index in [1.54, 1.807) is 36.5 Å². The standard InChI is InChI=1S/C21H21FN4O2/c1-25-18-5-4-14(8-20(18)28-11-21(25)27)24-16-10-19-17(9-15(16)22)23-12-26(19)7-6-13-2-3-13/h4-5,8-10,12-13,24H,2-3,6-7,11H2,1H3. The SMILES string of the molecule is CN1C(=O)COc2cc(Nc3cc4c(cc3F)ncn4CCC3CC3)ccc21. The molecule has 1 N–H and O–H groups in total. The number of benzene rings is 2. The van der Waals surface area contributed by atoms with Crippen LogP contribution in [0.5, 0.6) is 5.75 Å². The van der Waals surface area contributed by atoms with Gasteiger partial charge in [-0.15, -0.1) is 0 Å². The van der Waals surface area contributed by atoms with Crippen LogP contribution >= 0.6 is 0 Å². The van der Waals surface area contributed by atoms with E-state index in [4.69, 9.17) is 4.74 Å². The van der Waals surface area contributed by atoms with E-state index in [0.717, 1.165) is 24.4 Å². The van der Waals surface area contributed by atoms with Gasteiger partial charge in [-0.1, -0.05) is 12.8 Å². The fourth-order valence-corrected chi connectivity index (χ4v) is 3.59. The maximum Gasteiger partial charge on any atom is 0.264 e. The third-order valence-corrected chi connectivity index (χ3v) is 5.51. The molecule has 0 atom stereocenters. The summed E-state index contributed by atoms with van der Waals surface area (Å²) in [6, 6.07) is 8.66. The summed E-state index contributed by atoms with van der Waals surface area (Å²) >= 11 is 0. The Balaban J connectivity index is 1.43. The van der Waals surface area contributed by atoms with Crippen molar-refractivity contribution in [1.29, 1.82) is 0 Å². The summed E-state index contributed by atoms with van der Waals surface area (Å²) in [5, 5.41) is 3.14. The van der Waals surface area contributed by atoms with Crippen LogP contribution in [0.25, 0.3) is 11.0 Å². The number of carbonyl (C=O) groups excluding carboxylic acids is 1. The summed E-state index contributed by atoms with van der Waals surface area (Å²) in [6.07, 6.45) is 5.56. The highest BCUT2D eigenvalue weighted by Crippen LogP contribution is 2.36. The number of halogens is 1. The molecule has 28 heavy (non-hydrogen) atoms. The van der Waals surface area contributed by atoms with E-state index >= 15 is 0 Å². The quantitative estimate of drug-likeness (QED) is 0.725. The molecule has 3 aromatic rings. The third-order valence-electron chi connectivity index (χ3n) is 5.51. The summed E-state index contributed by atoms with van der Waals surface area (Å²) in [5.74, 6) is 0.981. The molecule has 0 bridgehead atoms. The second kappa shape index (κ2) is 6.51. The number of hydrogen-bond acceptors (Lipinski definition) is 4. The van der Waals surface area contributed by atoms with Crippen LogP contribution in [-0.4, -0.2) is 29.1 Å². The molecular weight excluding hydrogens is 359 g/mol. The van der Waals surface area contributed by atoms with Crippen molar-refractivity contribution in [2.45, 2.75) is 25.8 Å². The fourth-order valence-electron chi connectivity index (χ4n) is 3.59. The number of imidazole rings is 1. The number of amides is 1. The van der Waals surface area contributed by atoms with Gasteiger partial charge in [-0.3, -0.25) is 4.79 Å². The molecule has 7 heteroatoms. The fraction of sp³-hybridized carbons (Fsp3) is 0.333. The van der Waals surface area contributed by atoms with Crippen molar-refractivity contribution >= 4 is 34.0 Å². The number of rotatable bonds is 5. The van der Waals surface area contributed by atoms with Gasteiger partial charge in [0.1, 0.15) is 11.6 Å². The first-order valence-corrected chi connectivity index (χ1v) is 9.53. The van der Waals surface area contributed by atoms with Crippen molar-refractivity contribution in [1.82, 2.24) is 9.55 Å². The van der Waals surface area contributed by atoms with Crippen molar-refractivity contribution in [3.8, 4) is 5.75 Å². The maximum absolute atomic E-state index is 14.6. The molecule has 0 spiro atoms. The third kappa shape index (κ3) is 3.06. The number of aromatic nitrogens is 2. The number of anilines is 3. The number of carbonyl (C=O) groups is 1. The zero-order valence-corrected chi connectivity index (χ0v) is 15.6. The normalized spacial score (nSPS) is 16.2. The van der Waals surface area contributed by atoms with E-state index in [0.29, 0.717) is 28.3 Å². The molecule has 2 aliphatic rings. The summed E-state index contributed by atoms with van der Waals surface area (Å²) in [4.78, 5) is 17.6. The van der Waals surface area contributed by atoms with Gasteiger partial charge < -0.3 is 19.5 Å². The molecule has 0 saturated heterocycles. The lowest BCUT2D eigenvalue weighted by atomic mass is 10.2. The Morgan fingerprint density at radius 3 is 2.96 bits per heavy atom. The van der Waals surface area contributed by atoms with Crippen LogP contribution in [0.3, 0.4) is 0 Å². The Morgan fingerprint density at radius 2 is 2.14 bits per heavy atom. The summed E-state index contributed by atoms with van der Waals surface area (Å²) < 4.78 is 22.2. The first-order valence-electron chi connectivity index (χ1n) is 9.53. The monoisotopic (exact) mass is 380 g/mol. The molecule has 0 unspecified atom stereocenters. The molecule has 5 rings (SSSR count). The molecule has 6 nitrogen and oxygen atoms in total. The highest BCUT2D eigenvalue weighted by molar-refractivity contribution is 5.97. The van der Waals surface area contributed by atoms with E-state index in [1.807, 2.05) is 6.07 Å². The number of ether oxygens (including phenoxy) is 1. The van der Waals surface area contributed by atoms with Gasteiger partial charge in [0.25, 0.3) is 5.91 Å². The van der Waals surface area contributed by atoms with Crippen LogP contribution in [0.15, 0.2) is 36.7 Å². The van der Waals surface area contributed by atoms with E-state index in [-0.39, 0.29) is 18.3 Å². The minimum Gasteiger partial charge on any atom is -0.481 e. The molecular formula is C21H21FN4O2. The van der Waals surface area contributed by atoms with Gasteiger partial charge in [0.15, 0.2) is 6.61 Å². The van der Waals surface area contributed by atoms with Crippen molar-refractivity contribution in [3.63, 3.8) is 0 Å². The van der Waals surface area contributed by atoms with Crippen LogP contribution in [0, 0.1) is 11.7 Å². The van der Waals surface area contributed by atoms with E-state index in [2.05, 4.69) is 14.9 Å². The minimum atomic E-state index is -0.356. The van der Waals surface area contributed by atoms with Gasteiger partial charge in [-0.2, -0.15) is 0 Å². The average Bonchev–Trinajstić information content (AvgIpc) is 3.44. The Labute approximate surface area is 161 Å². The first-order chi connectivity index (χ1) is 13.6. The van der Waals surface area contributed by atoms with Crippen molar-refractivity contribution in [3.05, 3.63) is 42.5 Å². The second-order valence-electron chi connectivity index (χ2n) is 7.54. The molecule has 1 fully saturated rings. The largest absolute Gasteiger partial charge is 0.481 e. The number of nitrogens with zero attached hydrogens (tertiary/aromatic N) is 3. The van der Waals surface area contributed by atoms with Crippen LogP contribution in [0.4, 0.5) is 21.5 Å². The highest BCUT2D eigenvalue weighted by atomic mass is 19.1. The zero-order valence-electron chi connectivity index (χ0n) is 15.6. The molecule has 2 aromatic carbocycles. The predicted octanol–water partition coefficient (Wildman–Crippen LogP) is 4.07. The van der Waals surface area contributed by atoms with Gasteiger partial charge in [0, 0.05) is 31.4 Å². The second-order valence-corrected chi connectivity index (χ2v) is 7.54. The maximum atomic E-state index is 14.6. The smallest absolute Gasteiger partial charge is 0.264 e. The van der Waals surface area contributed by atoms with Crippen molar-refractivity contribution < 1.29 is 13.9 Å². The van der Waals surface area contributed by atoms with Crippen molar-refractivity contribution in [2.24, 2.45) is 5.92 Å². The molecule has 0 radical (unpaired) electrons. The van der Waals surface area contributed by atoms with Gasteiger partial charge in [-0.05, 0) is 30.5 Å². The van der Waals surface area contributed by atoms with E-state index in [1.165, 1.54) is 18.9 Å². The van der Waals surface area contributed by atoms with Gasteiger partial charge in [0.05, 0.1) is 28.7 Å². The van der Waals surface area contributed by atoms with E-state index < -0.39 is 0 Å². The van der Waals surface area contributed by atoms with Crippen LogP contribution in [-0.2, 0) is 11.3 Å². The Bertz CT molecular complexity index is 1070. The first kappa shape index (κ1) is 17.0. The lowest BCUT2D eigenvalue weighted by molar-refractivity contribution is -0.120. The van der Waals surface area contributed by atoms with Gasteiger partial charge in [-0.25, -0.2) is 9.37 Å².